The van der Waals surface area contributed by atoms with E-state index in [1.165, 1.54) is 12.2 Å². The van der Waals surface area contributed by atoms with E-state index in [0.717, 1.165) is 5.56 Å². The summed E-state index contributed by atoms with van der Waals surface area (Å²) < 4.78 is 0. The molecule has 2 rings (SSSR count). The van der Waals surface area contributed by atoms with Gasteiger partial charge in [-0.25, -0.2) is 9.59 Å². The third kappa shape index (κ3) is 3.72. The highest BCUT2D eigenvalue weighted by molar-refractivity contribution is 5.90. The molecular weight excluding hydrogens is 278 g/mol. The van der Waals surface area contributed by atoms with Crippen LogP contribution >= 0.6 is 0 Å². The average molecular weight is 287 g/mol. The second kappa shape index (κ2) is 7.28. The third-order valence-electron chi connectivity index (χ3n) is 2.85. The van der Waals surface area contributed by atoms with Crippen molar-refractivity contribution < 1.29 is 9.59 Å². The first kappa shape index (κ1) is 14.8. The van der Waals surface area contributed by atoms with E-state index in [2.05, 4.69) is 16.1 Å². The van der Waals surface area contributed by atoms with E-state index >= 15 is 0 Å². The van der Waals surface area contributed by atoms with E-state index in [-0.39, 0.29) is 0 Å². The summed E-state index contributed by atoms with van der Waals surface area (Å²) in [7, 11) is 0. The summed E-state index contributed by atoms with van der Waals surface area (Å²) in [6.07, 6.45) is 4.64. The third-order valence-corrected chi connectivity index (χ3v) is 2.85. The largest absolute Gasteiger partial charge is 0.240 e. The summed E-state index contributed by atoms with van der Waals surface area (Å²) in [5, 5.41) is 9.28. The first-order valence-corrected chi connectivity index (χ1v) is 6.25. The van der Waals surface area contributed by atoms with Crippen molar-refractivity contribution in [2.75, 3.05) is 0 Å². The first-order chi connectivity index (χ1) is 10.8. The molecule has 0 unspecified atom stereocenters. The number of nitriles is 1. The van der Waals surface area contributed by atoms with Gasteiger partial charge in [-0.05, 0) is 41.5 Å². The van der Waals surface area contributed by atoms with Gasteiger partial charge in [0, 0.05) is 0 Å². The molecule has 0 N–H and O–H groups in total. The Morgan fingerprint density at radius 2 is 1.36 bits per heavy atom. The quantitative estimate of drug-likeness (QED) is 0.372. The molecule has 104 valence electrons. The summed E-state index contributed by atoms with van der Waals surface area (Å²) in [5.41, 5.74) is 2.96. The number of aliphatic imine (C=N–C) groups is 2. The molecule has 0 saturated carbocycles. The maximum Gasteiger partial charge on any atom is 0.240 e. The predicted molar refractivity (Wildman–Crippen MR) is 81.9 cm³/mol. The normalized spacial score (nSPS) is 10.0. The van der Waals surface area contributed by atoms with Crippen LogP contribution < -0.4 is 0 Å². The fourth-order valence-electron chi connectivity index (χ4n) is 1.81. The molecule has 5 heteroatoms. The Morgan fingerprint density at radius 3 is 1.82 bits per heavy atom. The standard InChI is InChI=1S/C17H9N3O2/c18-10-15(14-3-7-17(8-4-14)20-12-22)9-13-1-5-16(6-2-13)19-11-21/h1-9H/b15-9+. The van der Waals surface area contributed by atoms with Crippen LogP contribution in [0.2, 0.25) is 0 Å². The highest BCUT2D eigenvalue weighted by Crippen LogP contribution is 2.22. The van der Waals surface area contributed by atoms with E-state index in [1.807, 2.05) is 0 Å². The minimum absolute atomic E-state index is 0.466. The monoisotopic (exact) mass is 287 g/mol. The summed E-state index contributed by atoms with van der Waals surface area (Å²) in [6, 6.07) is 15.6. The predicted octanol–water partition coefficient (Wildman–Crippen LogP) is 3.69. The number of nitrogens with zero attached hydrogens (tertiary/aromatic N) is 3. The summed E-state index contributed by atoms with van der Waals surface area (Å²) in [6.45, 7) is 0. The lowest BCUT2D eigenvalue weighted by atomic mass is 10.0. The Morgan fingerprint density at radius 1 is 0.864 bits per heavy atom. The van der Waals surface area contributed by atoms with Gasteiger partial charge >= 0.3 is 0 Å². The van der Waals surface area contributed by atoms with Crippen LogP contribution in [-0.4, -0.2) is 12.2 Å². The molecule has 0 spiro atoms. The van der Waals surface area contributed by atoms with Crippen LogP contribution in [0.25, 0.3) is 11.6 Å². The van der Waals surface area contributed by atoms with Crippen LogP contribution in [0.3, 0.4) is 0 Å². The van der Waals surface area contributed by atoms with Gasteiger partial charge in [-0.3, -0.25) is 0 Å². The average Bonchev–Trinajstić information content (AvgIpc) is 2.56. The van der Waals surface area contributed by atoms with E-state index in [4.69, 9.17) is 0 Å². The Bertz CT molecular complexity index is 831. The Kier molecular flexibility index (Phi) is 4.90. The molecule has 0 atom stereocenters. The maximum atomic E-state index is 10.2. The SMILES string of the molecule is N#C/C(=C\c1ccc(N=C=O)cc1)c1ccc(N=C=O)cc1. The summed E-state index contributed by atoms with van der Waals surface area (Å²) in [4.78, 5) is 27.3. The van der Waals surface area contributed by atoms with E-state index in [1.54, 1.807) is 54.6 Å². The van der Waals surface area contributed by atoms with Crippen molar-refractivity contribution in [3.8, 4) is 6.07 Å². The van der Waals surface area contributed by atoms with Gasteiger partial charge in [0.1, 0.15) is 0 Å². The molecule has 0 heterocycles. The zero-order valence-corrected chi connectivity index (χ0v) is 11.4. The molecule has 0 fully saturated rings. The Hall–Kier alpha value is -3.57. The van der Waals surface area contributed by atoms with E-state index in [0.29, 0.717) is 22.5 Å². The summed E-state index contributed by atoms with van der Waals surface area (Å²) >= 11 is 0. The van der Waals surface area contributed by atoms with Crippen molar-refractivity contribution in [1.29, 1.82) is 5.26 Å². The Labute approximate surface area is 126 Å². The van der Waals surface area contributed by atoms with Crippen LogP contribution in [0.15, 0.2) is 58.5 Å². The van der Waals surface area contributed by atoms with Crippen LogP contribution in [0.5, 0.6) is 0 Å². The number of allylic oxidation sites excluding steroid dienone is 1. The van der Waals surface area contributed by atoms with Gasteiger partial charge in [0.2, 0.25) is 12.2 Å². The molecule has 0 aliphatic heterocycles. The molecule has 22 heavy (non-hydrogen) atoms. The van der Waals surface area contributed by atoms with Crippen molar-refractivity contribution >= 4 is 35.2 Å². The second-order valence-corrected chi connectivity index (χ2v) is 4.21. The fourth-order valence-corrected chi connectivity index (χ4v) is 1.81. The highest BCUT2D eigenvalue weighted by Gasteiger charge is 2.01. The second-order valence-electron chi connectivity index (χ2n) is 4.21. The number of carbonyl (C=O) groups excluding carboxylic acids is 2. The highest BCUT2D eigenvalue weighted by atomic mass is 16.1. The van der Waals surface area contributed by atoms with Gasteiger partial charge in [-0.1, -0.05) is 24.3 Å². The maximum absolute atomic E-state index is 10.2. The van der Waals surface area contributed by atoms with Gasteiger partial charge in [0.15, 0.2) is 0 Å². The zero-order chi connectivity index (χ0) is 15.8. The molecular formula is C17H9N3O2. The lowest BCUT2D eigenvalue weighted by Crippen LogP contribution is -1.81. The van der Waals surface area contributed by atoms with E-state index < -0.39 is 0 Å². The molecule has 0 radical (unpaired) electrons. The zero-order valence-electron chi connectivity index (χ0n) is 11.4. The van der Waals surface area contributed by atoms with Crippen molar-refractivity contribution in [2.45, 2.75) is 0 Å². The lowest BCUT2D eigenvalue weighted by molar-refractivity contribution is 0.564. The molecule has 0 saturated heterocycles. The molecule has 0 aliphatic carbocycles. The van der Waals surface area contributed by atoms with Gasteiger partial charge in [0.25, 0.3) is 0 Å². The van der Waals surface area contributed by atoms with Crippen LogP contribution in [0.4, 0.5) is 11.4 Å². The van der Waals surface area contributed by atoms with Crippen LogP contribution in [-0.2, 0) is 9.59 Å². The Balaban J connectivity index is 2.32. The van der Waals surface area contributed by atoms with Crippen molar-refractivity contribution in [3.63, 3.8) is 0 Å². The van der Waals surface area contributed by atoms with Gasteiger partial charge in [0.05, 0.1) is 23.0 Å². The van der Waals surface area contributed by atoms with E-state index in [9.17, 15) is 14.9 Å². The molecule has 2 aromatic rings. The number of hydrogen-bond donors (Lipinski definition) is 0. The van der Waals surface area contributed by atoms with Crippen molar-refractivity contribution in [1.82, 2.24) is 0 Å². The van der Waals surface area contributed by atoms with Crippen LogP contribution in [0.1, 0.15) is 11.1 Å². The molecule has 5 nitrogen and oxygen atoms in total. The number of isocyanates is 2. The van der Waals surface area contributed by atoms with Gasteiger partial charge in [-0.15, -0.1) is 0 Å². The molecule has 0 amide bonds. The minimum Gasteiger partial charge on any atom is -0.211 e. The van der Waals surface area contributed by atoms with Crippen molar-refractivity contribution in [3.05, 3.63) is 59.7 Å². The van der Waals surface area contributed by atoms with Gasteiger partial charge < -0.3 is 0 Å². The number of benzene rings is 2. The molecule has 2 aromatic carbocycles. The fraction of sp³-hybridized carbons (Fsp3) is 0. The molecule has 0 aliphatic rings. The topological polar surface area (TPSA) is 82.7 Å². The minimum atomic E-state index is 0.466. The smallest absolute Gasteiger partial charge is 0.211 e. The number of hydrogen-bond acceptors (Lipinski definition) is 5. The lowest BCUT2D eigenvalue weighted by Gasteiger charge is -2.00. The van der Waals surface area contributed by atoms with Crippen LogP contribution in [0, 0.1) is 11.3 Å². The molecule has 0 bridgehead atoms. The summed E-state index contributed by atoms with van der Waals surface area (Å²) in [5.74, 6) is 0. The van der Waals surface area contributed by atoms with Crippen molar-refractivity contribution in [2.24, 2.45) is 9.98 Å². The molecule has 0 aromatic heterocycles. The first-order valence-electron chi connectivity index (χ1n) is 6.25. The van der Waals surface area contributed by atoms with Gasteiger partial charge in [-0.2, -0.15) is 15.2 Å². The number of rotatable bonds is 4.